The Labute approximate surface area is 119 Å². The summed E-state index contributed by atoms with van der Waals surface area (Å²) in [6.45, 7) is 3.76. The van der Waals surface area contributed by atoms with Crippen LogP contribution in [0.2, 0.25) is 0 Å². The Hall–Kier alpha value is -2.23. The summed E-state index contributed by atoms with van der Waals surface area (Å²) in [5.74, 6) is -0.371. The number of hydrogen-bond acceptors (Lipinski definition) is 6. The smallest absolute Gasteiger partial charge is 0.280 e. The molecular formula is C12H17N5O4. The Morgan fingerprint density at radius 3 is 2.90 bits per heavy atom. The molecule has 7 N–H and O–H groups in total. The zero-order valence-corrected chi connectivity index (χ0v) is 11.2. The molecule has 1 aliphatic carbocycles. The number of nitrogens with zero attached hydrogens (tertiary/aromatic N) is 3. The van der Waals surface area contributed by atoms with Crippen molar-refractivity contribution >= 4 is 17.1 Å². The molecule has 0 amide bonds. The molecule has 0 aromatic carbocycles. The van der Waals surface area contributed by atoms with Gasteiger partial charge in [-0.2, -0.15) is 4.98 Å². The van der Waals surface area contributed by atoms with Gasteiger partial charge in [0.05, 0.1) is 25.1 Å². The van der Waals surface area contributed by atoms with Crippen LogP contribution in [0, 0.1) is 5.92 Å². The number of hydrogen-bond donors (Lipinski definition) is 4. The Kier molecular flexibility index (Phi) is 3.81. The molecule has 3 rings (SSSR count). The summed E-state index contributed by atoms with van der Waals surface area (Å²) in [5.41, 5.74) is 6.37. The van der Waals surface area contributed by atoms with Crippen LogP contribution in [0.1, 0.15) is 12.5 Å². The van der Waals surface area contributed by atoms with Crippen LogP contribution in [0.3, 0.4) is 0 Å². The van der Waals surface area contributed by atoms with Crippen molar-refractivity contribution in [3.05, 3.63) is 28.8 Å². The van der Waals surface area contributed by atoms with E-state index in [4.69, 9.17) is 5.73 Å². The van der Waals surface area contributed by atoms with E-state index in [1.165, 1.54) is 6.33 Å². The number of rotatable bonds is 2. The van der Waals surface area contributed by atoms with E-state index in [0.717, 1.165) is 0 Å². The third-order valence-electron chi connectivity index (χ3n) is 3.82. The summed E-state index contributed by atoms with van der Waals surface area (Å²) < 4.78 is 1.67. The fourth-order valence-corrected chi connectivity index (χ4v) is 2.74. The summed E-state index contributed by atoms with van der Waals surface area (Å²) in [6.07, 6.45) is 1.20. The SMILES string of the molecule is C=C1C(n2cnc3c(=O)[nH]c(N)nc32)C[C@H](O)[C@H]1CO.O. The minimum Gasteiger partial charge on any atom is -0.412 e. The van der Waals surface area contributed by atoms with E-state index in [2.05, 4.69) is 21.5 Å². The third-order valence-corrected chi connectivity index (χ3v) is 3.82. The van der Waals surface area contributed by atoms with Gasteiger partial charge in [0, 0.05) is 5.92 Å². The zero-order chi connectivity index (χ0) is 14.4. The van der Waals surface area contributed by atoms with Gasteiger partial charge in [0.25, 0.3) is 5.56 Å². The summed E-state index contributed by atoms with van der Waals surface area (Å²) in [7, 11) is 0. The highest BCUT2D eigenvalue weighted by atomic mass is 16.3. The van der Waals surface area contributed by atoms with Crippen LogP contribution >= 0.6 is 0 Å². The quantitative estimate of drug-likeness (QED) is 0.485. The molecule has 2 aromatic rings. The highest BCUT2D eigenvalue weighted by Gasteiger charge is 2.37. The monoisotopic (exact) mass is 295 g/mol. The van der Waals surface area contributed by atoms with Gasteiger partial charge >= 0.3 is 0 Å². The van der Waals surface area contributed by atoms with Crippen molar-refractivity contribution in [2.24, 2.45) is 5.92 Å². The number of aromatic nitrogens is 4. The molecule has 0 bridgehead atoms. The molecular weight excluding hydrogens is 278 g/mol. The number of aliphatic hydroxyl groups is 2. The lowest BCUT2D eigenvalue weighted by molar-refractivity contribution is 0.101. The molecule has 114 valence electrons. The molecule has 9 heteroatoms. The lowest BCUT2D eigenvalue weighted by Crippen LogP contribution is -2.17. The van der Waals surface area contributed by atoms with Crippen molar-refractivity contribution in [1.29, 1.82) is 0 Å². The van der Waals surface area contributed by atoms with E-state index >= 15 is 0 Å². The van der Waals surface area contributed by atoms with Crippen LogP contribution < -0.4 is 11.3 Å². The first-order valence-corrected chi connectivity index (χ1v) is 6.23. The molecule has 1 saturated carbocycles. The van der Waals surface area contributed by atoms with Crippen molar-refractivity contribution in [2.75, 3.05) is 12.3 Å². The fourth-order valence-electron chi connectivity index (χ4n) is 2.74. The van der Waals surface area contributed by atoms with E-state index < -0.39 is 11.7 Å². The normalized spacial score (nSPS) is 25.2. The summed E-state index contributed by atoms with van der Waals surface area (Å²) in [6, 6.07) is -0.263. The second-order valence-corrected chi connectivity index (χ2v) is 4.96. The second-order valence-electron chi connectivity index (χ2n) is 4.96. The molecule has 1 fully saturated rings. The summed E-state index contributed by atoms with van der Waals surface area (Å²) in [5, 5.41) is 19.2. The van der Waals surface area contributed by atoms with Gasteiger partial charge < -0.3 is 26.0 Å². The van der Waals surface area contributed by atoms with Crippen molar-refractivity contribution in [1.82, 2.24) is 19.5 Å². The van der Waals surface area contributed by atoms with Crippen LogP contribution in [0.4, 0.5) is 5.95 Å². The van der Waals surface area contributed by atoms with Crippen molar-refractivity contribution in [2.45, 2.75) is 18.6 Å². The largest absolute Gasteiger partial charge is 0.412 e. The van der Waals surface area contributed by atoms with Gasteiger partial charge in [0.2, 0.25) is 5.95 Å². The number of nitrogen functional groups attached to an aromatic ring is 1. The standard InChI is InChI=1S/C12H15N5O3.H2O/c1-5-6(3-18)8(19)2-7(5)17-4-14-9-10(17)15-12(13)16-11(9)20;/h4,6-8,18-19H,1-3H2,(H3,13,15,16,20);1H2/t6-,7?,8-;/m0./s1. The topological polar surface area (TPSA) is 162 Å². The number of aliphatic hydroxyl groups excluding tert-OH is 2. The lowest BCUT2D eigenvalue weighted by atomic mass is 10.0. The van der Waals surface area contributed by atoms with Gasteiger partial charge in [-0.3, -0.25) is 9.78 Å². The fraction of sp³-hybridized carbons (Fsp3) is 0.417. The van der Waals surface area contributed by atoms with Crippen LogP contribution in [-0.4, -0.2) is 47.9 Å². The van der Waals surface area contributed by atoms with Crippen LogP contribution in [0.5, 0.6) is 0 Å². The van der Waals surface area contributed by atoms with Gasteiger partial charge in [-0.25, -0.2) is 4.98 Å². The molecule has 9 nitrogen and oxygen atoms in total. The van der Waals surface area contributed by atoms with Crippen LogP contribution in [0.15, 0.2) is 23.3 Å². The predicted molar refractivity (Wildman–Crippen MR) is 75.6 cm³/mol. The van der Waals surface area contributed by atoms with Gasteiger partial charge in [0.15, 0.2) is 11.2 Å². The highest BCUT2D eigenvalue weighted by Crippen LogP contribution is 2.39. The molecule has 2 heterocycles. The molecule has 0 aliphatic heterocycles. The number of anilines is 1. The average Bonchev–Trinajstić information content (AvgIpc) is 2.91. The summed E-state index contributed by atoms with van der Waals surface area (Å²) in [4.78, 5) is 22.2. The maximum absolute atomic E-state index is 11.7. The number of nitrogens with two attached hydrogens (primary N) is 1. The average molecular weight is 295 g/mol. The lowest BCUT2D eigenvalue weighted by Gasteiger charge is -2.15. The Bertz CT molecular complexity index is 737. The summed E-state index contributed by atoms with van der Waals surface area (Å²) >= 11 is 0. The van der Waals surface area contributed by atoms with Crippen molar-refractivity contribution < 1.29 is 15.7 Å². The Balaban J connectivity index is 0.00000161. The molecule has 0 radical (unpaired) electrons. The molecule has 3 atom stereocenters. The minimum absolute atomic E-state index is 0. The van der Waals surface area contributed by atoms with Crippen LogP contribution in [0.25, 0.3) is 11.2 Å². The number of aromatic amines is 1. The maximum atomic E-state index is 11.7. The van der Waals surface area contributed by atoms with E-state index in [1.807, 2.05) is 0 Å². The third kappa shape index (κ3) is 2.20. The predicted octanol–water partition coefficient (Wildman–Crippen LogP) is -1.65. The van der Waals surface area contributed by atoms with Gasteiger partial charge in [-0.15, -0.1) is 0 Å². The first-order chi connectivity index (χ1) is 9.52. The molecule has 1 unspecified atom stereocenters. The molecule has 1 aliphatic rings. The number of imidazole rings is 1. The minimum atomic E-state index is -0.672. The van der Waals surface area contributed by atoms with E-state index in [0.29, 0.717) is 17.6 Å². The number of fused-ring (bicyclic) bond motifs is 1. The van der Waals surface area contributed by atoms with Gasteiger partial charge in [-0.1, -0.05) is 6.58 Å². The second kappa shape index (κ2) is 5.28. The number of H-pyrrole nitrogens is 1. The van der Waals surface area contributed by atoms with E-state index in [-0.39, 0.29) is 35.5 Å². The van der Waals surface area contributed by atoms with Crippen LogP contribution in [-0.2, 0) is 0 Å². The number of nitrogens with one attached hydrogen (secondary N) is 1. The maximum Gasteiger partial charge on any atom is 0.280 e. The van der Waals surface area contributed by atoms with Crippen molar-refractivity contribution in [3.63, 3.8) is 0 Å². The van der Waals surface area contributed by atoms with Gasteiger partial charge in [0.1, 0.15) is 0 Å². The first kappa shape index (κ1) is 15.2. The van der Waals surface area contributed by atoms with E-state index in [9.17, 15) is 15.0 Å². The first-order valence-electron chi connectivity index (χ1n) is 6.23. The van der Waals surface area contributed by atoms with Gasteiger partial charge in [-0.05, 0) is 12.0 Å². The zero-order valence-electron chi connectivity index (χ0n) is 11.2. The molecule has 0 spiro atoms. The molecule has 0 saturated heterocycles. The Morgan fingerprint density at radius 2 is 2.29 bits per heavy atom. The molecule has 2 aromatic heterocycles. The van der Waals surface area contributed by atoms with E-state index in [1.54, 1.807) is 4.57 Å². The molecule has 21 heavy (non-hydrogen) atoms. The van der Waals surface area contributed by atoms with Crippen molar-refractivity contribution in [3.8, 4) is 0 Å². The Morgan fingerprint density at radius 1 is 1.57 bits per heavy atom. The highest BCUT2D eigenvalue weighted by molar-refractivity contribution is 5.70.